The summed E-state index contributed by atoms with van der Waals surface area (Å²) in [5.41, 5.74) is 1.28. The third kappa shape index (κ3) is 4.42. The maximum absolute atomic E-state index is 4.29. The monoisotopic (exact) mass is 252 g/mol. The standard InChI is InChI=1S/C14H28N4/c1-5-8-15-9-14-10-16-12-18(14)13(4)11-17(6-2)7-3/h10,12-13,15H,5-9,11H2,1-4H3. The Kier molecular flexibility index (Phi) is 6.98. The Morgan fingerprint density at radius 1 is 1.33 bits per heavy atom. The Labute approximate surface area is 111 Å². The van der Waals surface area contributed by atoms with Crippen molar-refractivity contribution in [3.05, 3.63) is 18.2 Å². The molecular formula is C14H28N4. The zero-order chi connectivity index (χ0) is 13.4. The van der Waals surface area contributed by atoms with Crippen molar-refractivity contribution in [3.63, 3.8) is 0 Å². The molecule has 4 heteroatoms. The molecule has 1 heterocycles. The van der Waals surface area contributed by atoms with E-state index in [4.69, 9.17) is 0 Å². The van der Waals surface area contributed by atoms with E-state index < -0.39 is 0 Å². The van der Waals surface area contributed by atoms with Gasteiger partial charge in [0.05, 0.1) is 12.0 Å². The van der Waals surface area contributed by atoms with Crippen molar-refractivity contribution >= 4 is 0 Å². The van der Waals surface area contributed by atoms with E-state index in [9.17, 15) is 0 Å². The van der Waals surface area contributed by atoms with E-state index >= 15 is 0 Å². The van der Waals surface area contributed by atoms with Crippen molar-refractivity contribution in [2.75, 3.05) is 26.2 Å². The fourth-order valence-corrected chi connectivity index (χ4v) is 2.20. The zero-order valence-electron chi connectivity index (χ0n) is 12.3. The highest BCUT2D eigenvalue weighted by Crippen LogP contribution is 2.11. The van der Waals surface area contributed by atoms with Crippen molar-refractivity contribution in [1.29, 1.82) is 0 Å². The van der Waals surface area contributed by atoms with Crippen LogP contribution in [0.25, 0.3) is 0 Å². The Morgan fingerprint density at radius 2 is 2.06 bits per heavy atom. The zero-order valence-corrected chi connectivity index (χ0v) is 12.3. The molecule has 0 bridgehead atoms. The Balaban J connectivity index is 2.56. The second kappa shape index (κ2) is 8.27. The lowest BCUT2D eigenvalue weighted by atomic mass is 10.2. The number of likely N-dealkylation sites (N-methyl/N-ethyl adjacent to an activating group) is 1. The molecule has 1 N–H and O–H groups in total. The first-order valence-corrected chi connectivity index (χ1v) is 7.16. The molecule has 1 aromatic heterocycles. The normalized spacial score (nSPS) is 13.2. The molecule has 0 aliphatic carbocycles. The number of nitrogens with one attached hydrogen (secondary N) is 1. The molecule has 0 fully saturated rings. The van der Waals surface area contributed by atoms with E-state index in [1.54, 1.807) is 0 Å². The van der Waals surface area contributed by atoms with Crippen LogP contribution >= 0.6 is 0 Å². The van der Waals surface area contributed by atoms with Crippen LogP contribution in [-0.2, 0) is 6.54 Å². The molecule has 0 amide bonds. The van der Waals surface area contributed by atoms with Crippen LogP contribution in [-0.4, -0.2) is 40.6 Å². The van der Waals surface area contributed by atoms with Gasteiger partial charge in [-0.2, -0.15) is 0 Å². The molecule has 0 aromatic carbocycles. The first kappa shape index (κ1) is 15.2. The predicted octanol–water partition coefficient (Wildman–Crippen LogP) is 2.29. The van der Waals surface area contributed by atoms with Gasteiger partial charge in [0.2, 0.25) is 0 Å². The number of nitrogens with zero attached hydrogens (tertiary/aromatic N) is 3. The molecule has 0 radical (unpaired) electrons. The second-order valence-electron chi connectivity index (χ2n) is 4.80. The SMILES string of the molecule is CCCNCc1cncn1C(C)CN(CC)CC. The number of hydrogen-bond donors (Lipinski definition) is 1. The molecule has 4 nitrogen and oxygen atoms in total. The summed E-state index contributed by atoms with van der Waals surface area (Å²) in [5, 5.41) is 3.44. The summed E-state index contributed by atoms with van der Waals surface area (Å²) in [6, 6.07) is 0.478. The first-order chi connectivity index (χ1) is 8.72. The smallest absolute Gasteiger partial charge is 0.0951 e. The fourth-order valence-electron chi connectivity index (χ4n) is 2.20. The van der Waals surface area contributed by atoms with Gasteiger partial charge in [-0.05, 0) is 33.0 Å². The minimum atomic E-state index is 0.478. The van der Waals surface area contributed by atoms with E-state index in [0.29, 0.717) is 6.04 Å². The van der Waals surface area contributed by atoms with Crippen LogP contribution in [0.15, 0.2) is 12.5 Å². The van der Waals surface area contributed by atoms with Gasteiger partial charge in [-0.25, -0.2) is 4.98 Å². The maximum atomic E-state index is 4.29. The number of imidazole rings is 1. The lowest BCUT2D eigenvalue weighted by Crippen LogP contribution is -2.30. The van der Waals surface area contributed by atoms with E-state index in [1.807, 2.05) is 12.5 Å². The molecule has 0 spiro atoms. The molecule has 18 heavy (non-hydrogen) atoms. The molecule has 0 saturated carbocycles. The molecule has 1 aromatic rings. The van der Waals surface area contributed by atoms with E-state index in [-0.39, 0.29) is 0 Å². The van der Waals surface area contributed by atoms with Crippen LogP contribution in [0.2, 0.25) is 0 Å². The van der Waals surface area contributed by atoms with Crippen LogP contribution in [0.5, 0.6) is 0 Å². The third-order valence-electron chi connectivity index (χ3n) is 3.37. The highest BCUT2D eigenvalue weighted by atomic mass is 15.2. The third-order valence-corrected chi connectivity index (χ3v) is 3.37. The Morgan fingerprint density at radius 3 is 2.67 bits per heavy atom. The number of hydrogen-bond acceptors (Lipinski definition) is 3. The Hall–Kier alpha value is -0.870. The minimum Gasteiger partial charge on any atom is -0.329 e. The van der Waals surface area contributed by atoms with Crippen LogP contribution in [0.1, 0.15) is 45.9 Å². The fraction of sp³-hybridized carbons (Fsp3) is 0.786. The van der Waals surface area contributed by atoms with Crippen molar-refractivity contribution in [3.8, 4) is 0 Å². The quantitative estimate of drug-likeness (QED) is 0.685. The summed E-state index contributed by atoms with van der Waals surface area (Å²) < 4.78 is 2.29. The van der Waals surface area contributed by atoms with Crippen LogP contribution in [0, 0.1) is 0 Å². The summed E-state index contributed by atoms with van der Waals surface area (Å²) in [7, 11) is 0. The maximum Gasteiger partial charge on any atom is 0.0951 e. The molecule has 1 rings (SSSR count). The van der Waals surface area contributed by atoms with Crippen LogP contribution in [0.3, 0.4) is 0 Å². The van der Waals surface area contributed by atoms with Gasteiger partial charge < -0.3 is 14.8 Å². The van der Waals surface area contributed by atoms with Crippen LogP contribution < -0.4 is 5.32 Å². The van der Waals surface area contributed by atoms with Gasteiger partial charge in [-0.15, -0.1) is 0 Å². The molecule has 0 aliphatic rings. The Bertz CT molecular complexity index is 317. The molecule has 1 atom stereocenters. The van der Waals surface area contributed by atoms with Gasteiger partial charge in [0.15, 0.2) is 0 Å². The van der Waals surface area contributed by atoms with E-state index in [0.717, 1.165) is 32.7 Å². The van der Waals surface area contributed by atoms with Gasteiger partial charge in [0.25, 0.3) is 0 Å². The lowest BCUT2D eigenvalue weighted by Gasteiger charge is -2.24. The van der Waals surface area contributed by atoms with E-state index in [2.05, 4.69) is 47.5 Å². The van der Waals surface area contributed by atoms with Crippen LogP contribution in [0.4, 0.5) is 0 Å². The van der Waals surface area contributed by atoms with Gasteiger partial charge in [-0.1, -0.05) is 20.8 Å². The number of rotatable bonds is 9. The molecule has 1 unspecified atom stereocenters. The van der Waals surface area contributed by atoms with Crippen molar-refractivity contribution in [2.45, 2.75) is 46.7 Å². The molecule has 0 saturated heterocycles. The lowest BCUT2D eigenvalue weighted by molar-refractivity contribution is 0.258. The summed E-state index contributed by atoms with van der Waals surface area (Å²) in [6.07, 6.45) is 5.10. The highest BCUT2D eigenvalue weighted by Gasteiger charge is 2.11. The summed E-state index contributed by atoms with van der Waals surface area (Å²) in [4.78, 5) is 6.74. The van der Waals surface area contributed by atoms with Crippen molar-refractivity contribution in [2.24, 2.45) is 0 Å². The first-order valence-electron chi connectivity index (χ1n) is 7.16. The summed E-state index contributed by atoms with van der Waals surface area (Å²) in [6.45, 7) is 14.2. The molecule has 104 valence electrons. The highest BCUT2D eigenvalue weighted by molar-refractivity contribution is 5.00. The van der Waals surface area contributed by atoms with E-state index in [1.165, 1.54) is 12.1 Å². The molecule has 0 aliphatic heterocycles. The van der Waals surface area contributed by atoms with Gasteiger partial charge in [0.1, 0.15) is 0 Å². The van der Waals surface area contributed by atoms with Gasteiger partial charge >= 0.3 is 0 Å². The van der Waals surface area contributed by atoms with Crippen molar-refractivity contribution < 1.29 is 0 Å². The summed E-state index contributed by atoms with van der Waals surface area (Å²) >= 11 is 0. The number of aromatic nitrogens is 2. The van der Waals surface area contributed by atoms with Gasteiger partial charge in [-0.3, -0.25) is 0 Å². The average Bonchev–Trinajstić information content (AvgIpc) is 2.84. The second-order valence-corrected chi connectivity index (χ2v) is 4.80. The van der Waals surface area contributed by atoms with Gasteiger partial charge in [0, 0.05) is 25.3 Å². The molecular weight excluding hydrogens is 224 g/mol. The predicted molar refractivity (Wildman–Crippen MR) is 76.7 cm³/mol. The topological polar surface area (TPSA) is 33.1 Å². The largest absolute Gasteiger partial charge is 0.329 e. The average molecular weight is 252 g/mol. The summed E-state index contributed by atoms with van der Waals surface area (Å²) in [5.74, 6) is 0. The minimum absolute atomic E-state index is 0.478. The van der Waals surface area contributed by atoms with Crippen molar-refractivity contribution in [1.82, 2.24) is 19.8 Å².